The summed E-state index contributed by atoms with van der Waals surface area (Å²) in [6.07, 6.45) is -9.64. The third-order valence-corrected chi connectivity index (χ3v) is 11.6. The standard InChI is InChI=1S/C38H30Cl2F6N4O9S2/c1-19-25-13-29(39)33(15-31(25)58-35(51)27(19)11-21-5-3-7-23(9-21)49-60(53,54)47-17-37(41,42)43)57-34-16-32-26(14-30(34)40)20(2)28(36(52)59-32)12-22-6-4-8-24(10-22)50-61(55,56)48-18-38(44,45)46/h3-10,13-16,47-50H,11-12,17-18H2,1-2H3. The normalized spacial score (nSPS) is 12.6. The molecular formula is C38H30Cl2F6N4O9S2. The maximum atomic E-state index is 13.2. The highest BCUT2D eigenvalue weighted by molar-refractivity contribution is 7.91. The van der Waals surface area contributed by atoms with E-state index in [9.17, 15) is 52.8 Å². The number of halogens is 8. The smallest absolute Gasteiger partial charge is 0.402 e. The Hall–Kier alpha value is -5.32. The van der Waals surface area contributed by atoms with Crippen LogP contribution in [0.4, 0.5) is 37.7 Å². The minimum Gasteiger partial charge on any atom is -0.454 e. The molecule has 4 N–H and O–H groups in total. The van der Waals surface area contributed by atoms with Crippen molar-refractivity contribution in [1.29, 1.82) is 0 Å². The summed E-state index contributed by atoms with van der Waals surface area (Å²) < 4.78 is 148. The summed E-state index contributed by atoms with van der Waals surface area (Å²) in [5.74, 6) is 0.00858. The van der Waals surface area contributed by atoms with Crippen LogP contribution >= 0.6 is 23.2 Å². The van der Waals surface area contributed by atoms with Crippen molar-refractivity contribution in [3.8, 4) is 11.5 Å². The fraction of sp³-hybridized carbons (Fsp3) is 0.211. The van der Waals surface area contributed by atoms with Crippen LogP contribution in [-0.2, 0) is 33.3 Å². The molecule has 2 heterocycles. The second-order valence-electron chi connectivity index (χ2n) is 13.5. The van der Waals surface area contributed by atoms with E-state index in [1.165, 1.54) is 70.1 Å². The average Bonchev–Trinajstić information content (AvgIpc) is 3.14. The summed E-state index contributed by atoms with van der Waals surface area (Å²) in [6, 6.07) is 17.1. The van der Waals surface area contributed by atoms with Crippen LogP contribution < -0.4 is 34.9 Å². The molecule has 6 rings (SSSR count). The fourth-order valence-electron chi connectivity index (χ4n) is 6.10. The summed E-state index contributed by atoms with van der Waals surface area (Å²) >= 11 is 13.2. The summed E-state index contributed by atoms with van der Waals surface area (Å²) in [7, 11) is -9.14. The first kappa shape index (κ1) is 45.2. The van der Waals surface area contributed by atoms with E-state index in [4.69, 9.17) is 36.8 Å². The Morgan fingerprint density at radius 1 is 0.607 bits per heavy atom. The molecule has 0 aliphatic carbocycles. The number of ether oxygens (including phenoxy) is 1. The van der Waals surface area contributed by atoms with Crippen molar-refractivity contribution in [1.82, 2.24) is 9.44 Å². The predicted octanol–water partition coefficient (Wildman–Crippen LogP) is 8.41. The zero-order valence-electron chi connectivity index (χ0n) is 31.3. The van der Waals surface area contributed by atoms with Gasteiger partial charge < -0.3 is 13.6 Å². The Morgan fingerprint density at radius 3 is 1.34 bits per heavy atom. The highest BCUT2D eigenvalue weighted by Crippen LogP contribution is 2.39. The molecule has 0 fully saturated rings. The average molecular weight is 936 g/mol. The zero-order chi connectivity index (χ0) is 44.7. The van der Waals surface area contributed by atoms with Gasteiger partial charge in [0.25, 0.3) is 20.4 Å². The Bertz CT molecular complexity index is 2830. The maximum absolute atomic E-state index is 13.2. The highest BCUT2D eigenvalue weighted by Gasteiger charge is 2.30. The van der Waals surface area contributed by atoms with Gasteiger partial charge in [-0.05, 0) is 72.5 Å². The van der Waals surface area contributed by atoms with Crippen LogP contribution in [0.1, 0.15) is 33.4 Å². The second-order valence-corrected chi connectivity index (χ2v) is 17.3. The van der Waals surface area contributed by atoms with Gasteiger partial charge in [-0.15, -0.1) is 0 Å². The lowest BCUT2D eigenvalue weighted by molar-refractivity contribution is -0.122. The minimum absolute atomic E-state index is 0.00429. The number of alkyl halides is 6. The number of hydrogen-bond acceptors (Lipinski definition) is 9. The molecule has 0 radical (unpaired) electrons. The molecule has 324 valence electrons. The maximum Gasteiger partial charge on any atom is 0.402 e. The Labute approximate surface area is 352 Å². The van der Waals surface area contributed by atoms with Gasteiger partial charge in [0.15, 0.2) is 0 Å². The number of hydrogen-bond donors (Lipinski definition) is 4. The molecule has 0 aliphatic heterocycles. The van der Waals surface area contributed by atoms with E-state index in [-0.39, 0.29) is 68.1 Å². The monoisotopic (exact) mass is 934 g/mol. The Morgan fingerprint density at radius 2 is 0.984 bits per heavy atom. The molecule has 2 aromatic heterocycles. The van der Waals surface area contributed by atoms with Crippen LogP contribution in [0.2, 0.25) is 10.0 Å². The topological polar surface area (TPSA) is 186 Å². The molecule has 13 nitrogen and oxygen atoms in total. The van der Waals surface area contributed by atoms with Crippen molar-refractivity contribution in [3.05, 3.63) is 137 Å². The largest absolute Gasteiger partial charge is 0.454 e. The van der Waals surface area contributed by atoms with Crippen molar-refractivity contribution < 1.29 is 56.7 Å². The molecule has 6 aromatic rings. The molecule has 4 aromatic carbocycles. The van der Waals surface area contributed by atoms with E-state index in [1.54, 1.807) is 26.0 Å². The van der Waals surface area contributed by atoms with Gasteiger partial charge in [0.1, 0.15) is 35.8 Å². The molecule has 23 heteroatoms. The molecule has 0 amide bonds. The highest BCUT2D eigenvalue weighted by atomic mass is 35.5. The number of nitrogens with one attached hydrogen (secondary N) is 4. The lowest BCUT2D eigenvalue weighted by atomic mass is 9.99. The summed E-state index contributed by atoms with van der Waals surface area (Å²) in [5, 5.41) is 0.950. The van der Waals surface area contributed by atoms with Gasteiger partial charge in [0, 0.05) is 46.9 Å². The van der Waals surface area contributed by atoms with Gasteiger partial charge in [0.2, 0.25) is 0 Å². The molecular weight excluding hydrogens is 905 g/mol. The van der Waals surface area contributed by atoms with Gasteiger partial charge in [-0.1, -0.05) is 47.5 Å². The molecule has 0 aliphatic rings. The molecule has 0 unspecified atom stereocenters. The van der Waals surface area contributed by atoms with Crippen LogP contribution in [0.3, 0.4) is 0 Å². The van der Waals surface area contributed by atoms with Crippen LogP contribution in [0.15, 0.2) is 91.2 Å². The number of aryl methyl sites for hydroxylation is 2. The van der Waals surface area contributed by atoms with Gasteiger partial charge in [-0.3, -0.25) is 9.44 Å². The van der Waals surface area contributed by atoms with E-state index in [2.05, 4.69) is 0 Å². The van der Waals surface area contributed by atoms with E-state index in [0.717, 1.165) is 0 Å². The Balaban J connectivity index is 1.22. The summed E-state index contributed by atoms with van der Waals surface area (Å²) in [5.41, 5.74) is 0.668. The first-order valence-electron chi connectivity index (χ1n) is 17.4. The lowest BCUT2D eigenvalue weighted by Gasteiger charge is -2.14. The van der Waals surface area contributed by atoms with E-state index in [1.807, 2.05) is 9.44 Å². The van der Waals surface area contributed by atoms with Crippen molar-refractivity contribution in [2.24, 2.45) is 0 Å². The second kappa shape index (κ2) is 17.2. The van der Waals surface area contributed by atoms with Gasteiger partial charge >= 0.3 is 23.6 Å². The van der Waals surface area contributed by atoms with Crippen LogP contribution in [0, 0.1) is 13.8 Å². The molecule has 0 atom stereocenters. The number of benzene rings is 4. The first-order chi connectivity index (χ1) is 28.3. The van der Waals surface area contributed by atoms with Crippen LogP contribution in [0.5, 0.6) is 11.5 Å². The van der Waals surface area contributed by atoms with E-state index < -0.39 is 57.1 Å². The number of rotatable bonds is 14. The quantitative estimate of drug-likeness (QED) is 0.0615. The summed E-state index contributed by atoms with van der Waals surface area (Å²) in [6.45, 7) is -0.277. The van der Waals surface area contributed by atoms with Gasteiger partial charge in [-0.2, -0.15) is 52.6 Å². The van der Waals surface area contributed by atoms with Crippen molar-refractivity contribution in [2.45, 2.75) is 39.0 Å². The minimum atomic E-state index is -4.77. The van der Waals surface area contributed by atoms with Crippen LogP contribution in [-0.4, -0.2) is 42.3 Å². The van der Waals surface area contributed by atoms with Crippen LogP contribution in [0.25, 0.3) is 21.9 Å². The Kier molecular flexibility index (Phi) is 12.8. The van der Waals surface area contributed by atoms with Crippen molar-refractivity contribution in [2.75, 3.05) is 22.5 Å². The molecule has 0 saturated carbocycles. The lowest BCUT2D eigenvalue weighted by Crippen LogP contribution is -2.37. The van der Waals surface area contributed by atoms with Crippen molar-refractivity contribution >= 4 is 76.9 Å². The van der Waals surface area contributed by atoms with Crippen molar-refractivity contribution in [3.63, 3.8) is 0 Å². The third-order valence-electron chi connectivity index (χ3n) is 8.95. The van der Waals surface area contributed by atoms with Gasteiger partial charge in [0.05, 0.1) is 21.4 Å². The molecule has 0 saturated heterocycles. The van der Waals surface area contributed by atoms with E-state index in [0.29, 0.717) is 33.0 Å². The predicted molar refractivity (Wildman–Crippen MR) is 216 cm³/mol. The molecule has 0 spiro atoms. The molecule has 0 bridgehead atoms. The number of anilines is 2. The van der Waals surface area contributed by atoms with E-state index >= 15 is 0 Å². The van der Waals surface area contributed by atoms with Gasteiger partial charge in [-0.25, -0.2) is 9.59 Å². The first-order valence-corrected chi connectivity index (χ1v) is 21.1. The SMILES string of the molecule is Cc1c(Cc2cccc(NS(=O)(=O)NCC(F)(F)F)c2)c(=O)oc2cc(Oc3cc4oc(=O)c(Cc5cccc(NS(=O)(=O)NCC(F)(F)F)c5)c(C)c4cc3Cl)c(Cl)cc12. The third kappa shape index (κ3) is 11.5. The number of fused-ring (bicyclic) bond motifs is 2. The zero-order valence-corrected chi connectivity index (χ0v) is 34.4. The fourth-order valence-corrected chi connectivity index (χ4v) is 8.23. The summed E-state index contributed by atoms with van der Waals surface area (Å²) in [4.78, 5) is 26.5. The molecule has 61 heavy (non-hydrogen) atoms.